The fourth-order valence-electron chi connectivity index (χ4n) is 1.93. The molecule has 2 rings (SSSR count). The summed E-state index contributed by atoms with van der Waals surface area (Å²) in [5.74, 6) is 0. The van der Waals surface area contributed by atoms with Gasteiger partial charge in [0.05, 0.1) is 6.61 Å². The van der Waals surface area contributed by atoms with E-state index in [0.717, 1.165) is 11.0 Å². The lowest BCUT2D eigenvalue weighted by atomic mass is 10.0. The highest BCUT2D eigenvalue weighted by Crippen LogP contribution is 2.26. The summed E-state index contributed by atoms with van der Waals surface area (Å²) in [6, 6.07) is 18.6. The third-order valence-electron chi connectivity index (χ3n) is 2.91. The molecular formula is C16H18BrNO. The highest BCUT2D eigenvalue weighted by molar-refractivity contribution is 9.10. The minimum absolute atomic E-state index is 0.0114. The Kier molecular flexibility index (Phi) is 5.58. The summed E-state index contributed by atoms with van der Waals surface area (Å²) in [7, 11) is 1.93. The van der Waals surface area contributed by atoms with Crippen LogP contribution in [0, 0.1) is 0 Å². The zero-order valence-corrected chi connectivity index (χ0v) is 12.6. The highest BCUT2D eigenvalue weighted by Gasteiger charge is 2.14. The van der Waals surface area contributed by atoms with Crippen LogP contribution in [-0.2, 0) is 4.74 Å². The van der Waals surface area contributed by atoms with E-state index in [4.69, 9.17) is 4.74 Å². The van der Waals surface area contributed by atoms with E-state index in [1.54, 1.807) is 0 Å². The van der Waals surface area contributed by atoms with Crippen molar-refractivity contribution in [3.63, 3.8) is 0 Å². The van der Waals surface area contributed by atoms with Gasteiger partial charge >= 0.3 is 0 Å². The molecule has 2 aromatic carbocycles. The smallest absolute Gasteiger partial charge is 0.108 e. The van der Waals surface area contributed by atoms with Crippen molar-refractivity contribution >= 4 is 15.9 Å². The van der Waals surface area contributed by atoms with Gasteiger partial charge < -0.3 is 10.1 Å². The maximum Gasteiger partial charge on any atom is 0.108 e. The lowest BCUT2D eigenvalue weighted by Crippen LogP contribution is -2.17. The predicted octanol–water partition coefficient (Wildman–Crippen LogP) is 3.77. The van der Waals surface area contributed by atoms with E-state index < -0.39 is 0 Å². The summed E-state index contributed by atoms with van der Waals surface area (Å²) in [6.07, 6.45) is -0.0114. The van der Waals surface area contributed by atoms with Crippen LogP contribution < -0.4 is 5.32 Å². The molecule has 19 heavy (non-hydrogen) atoms. The molecule has 0 radical (unpaired) electrons. The zero-order valence-electron chi connectivity index (χ0n) is 11.0. The first-order valence-electron chi connectivity index (χ1n) is 6.38. The van der Waals surface area contributed by atoms with Crippen LogP contribution in [0.25, 0.3) is 0 Å². The van der Waals surface area contributed by atoms with Crippen LogP contribution >= 0.6 is 15.9 Å². The van der Waals surface area contributed by atoms with E-state index in [0.29, 0.717) is 6.61 Å². The molecule has 2 aromatic rings. The molecule has 0 aliphatic carbocycles. The first-order chi connectivity index (χ1) is 9.31. The van der Waals surface area contributed by atoms with Crippen LogP contribution in [0.1, 0.15) is 17.2 Å². The second-order valence-corrected chi connectivity index (χ2v) is 5.23. The second kappa shape index (κ2) is 7.43. The summed E-state index contributed by atoms with van der Waals surface area (Å²) in [5.41, 5.74) is 2.35. The maximum absolute atomic E-state index is 6.02. The van der Waals surface area contributed by atoms with Crippen molar-refractivity contribution in [2.75, 3.05) is 20.2 Å². The van der Waals surface area contributed by atoms with Crippen molar-refractivity contribution in [1.29, 1.82) is 0 Å². The van der Waals surface area contributed by atoms with Gasteiger partial charge in [0.1, 0.15) is 6.10 Å². The molecule has 0 saturated carbocycles. The van der Waals surface area contributed by atoms with Crippen molar-refractivity contribution in [3.05, 3.63) is 70.2 Å². The van der Waals surface area contributed by atoms with Crippen LogP contribution in [0.3, 0.4) is 0 Å². The molecule has 0 spiro atoms. The number of ether oxygens (including phenoxy) is 1. The Bertz CT molecular complexity index is 484. The van der Waals surface area contributed by atoms with E-state index in [-0.39, 0.29) is 6.10 Å². The lowest BCUT2D eigenvalue weighted by molar-refractivity contribution is 0.0831. The monoisotopic (exact) mass is 319 g/mol. The summed E-state index contributed by atoms with van der Waals surface area (Å²) in [5, 5.41) is 3.10. The Balaban J connectivity index is 2.21. The zero-order chi connectivity index (χ0) is 13.5. The molecule has 0 aliphatic heterocycles. The molecule has 100 valence electrons. The van der Waals surface area contributed by atoms with Crippen molar-refractivity contribution in [2.45, 2.75) is 6.10 Å². The van der Waals surface area contributed by atoms with Gasteiger partial charge in [-0.1, -0.05) is 58.4 Å². The molecular weight excluding hydrogens is 302 g/mol. The molecule has 0 heterocycles. The second-order valence-electron chi connectivity index (χ2n) is 4.32. The molecule has 2 nitrogen and oxygen atoms in total. The first-order valence-corrected chi connectivity index (χ1v) is 7.17. The Morgan fingerprint density at radius 1 is 1.00 bits per heavy atom. The SMILES string of the molecule is CNCCOC(c1ccccc1)c1ccc(Br)cc1. The minimum atomic E-state index is -0.0114. The molecule has 0 fully saturated rings. The van der Waals surface area contributed by atoms with Crippen LogP contribution in [0.5, 0.6) is 0 Å². The van der Waals surface area contributed by atoms with Gasteiger partial charge in [-0.2, -0.15) is 0 Å². The minimum Gasteiger partial charge on any atom is -0.367 e. The standard InChI is InChI=1S/C16H18BrNO/c1-18-11-12-19-16(13-5-3-2-4-6-13)14-7-9-15(17)10-8-14/h2-10,16,18H,11-12H2,1H3. The Morgan fingerprint density at radius 3 is 2.26 bits per heavy atom. The molecule has 0 saturated heterocycles. The number of hydrogen-bond donors (Lipinski definition) is 1. The molecule has 1 N–H and O–H groups in total. The molecule has 0 amide bonds. The molecule has 1 atom stereocenters. The van der Waals surface area contributed by atoms with Crippen LogP contribution in [-0.4, -0.2) is 20.2 Å². The van der Waals surface area contributed by atoms with Gasteiger partial charge in [-0.05, 0) is 30.3 Å². The highest BCUT2D eigenvalue weighted by atomic mass is 79.9. The number of rotatable bonds is 6. The van der Waals surface area contributed by atoms with Gasteiger partial charge in [0.15, 0.2) is 0 Å². The maximum atomic E-state index is 6.02. The number of halogens is 1. The van der Waals surface area contributed by atoms with Gasteiger partial charge in [0.2, 0.25) is 0 Å². The fraction of sp³-hybridized carbons (Fsp3) is 0.250. The topological polar surface area (TPSA) is 21.3 Å². The lowest BCUT2D eigenvalue weighted by Gasteiger charge is -2.19. The number of hydrogen-bond acceptors (Lipinski definition) is 2. The van der Waals surface area contributed by atoms with Crippen LogP contribution in [0.2, 0.25) is 0 Å². The summed E-state index contributed by atoms with van der Waals surface area (Å²) in [6.45, 7) is 1.53. The number of likely N-dealkylation sites (N-methyl/N-ethyl adjacent to an activating group) is 1. The average molecular weight is 320 g/mol. The number of nitrogens with one attached hydrogen (secondary N) is 1. The molecule has 0 aromatic heterocycles. The van der Waals surface area contributed by atoms with Crippen molar-refractivity contribution < 1.29 is 4.74 Å². The van der Waals surface area contributed by atoms with Crippen molar-refractivity contribution in [3.8, 4) is 0 Å². The summed E-state index contributed by atoms with van der Waals surface area (Å²) >= 11 is 3.46. The number of benzene rings is 2. The third-order valence-corrected chi connectivity index (χ3v) is 3.44. The molecule has 3 heteroatoms. The van der Waals surface area contributed by atoms with Gasteiger partial charge in [-0.3, -0.25) is 0 Å². The van der Waals surface area contributed by atoms with Gasteiger partial charge in [-0.25, -0.2) is 0 Å². The van der Waals surface area contributed by atoms with E-state index in [1.807, 2.05) is 37.4 Å². The van der Waals surface area contributed by atoms with Crippen molar-refractivity contribution in [1.82, 2.24) is 5.32 Å². The average Bonchev–Trinajstić information content (AvgIpc) is 2.46. The summed E-state index contributed by atoms with van der Waals surface area (Å²) < 4.78 is 7.10. The quantitative estimate of drug-likeness (QED) is 0.818. The molecule has 0 bridgehead atoms. The third kappa shape index (κ3) is 4.16. The van der Waals surface area contributed by atoms with E-state index >= 15 is 0 Å². The molecule has 1 unspecified atom stereocenters. The predicted molar refractivity (Wildman–Crippen MR) is 82.3 cm³/mol. The fourth-order valence-corrected chi connectivity index (χ4v) is 2.19. The van der Waals surface area contributed by atoms with Crippen LogP contribution in [0.4, 0.5) is 0 Å². The van der Waals surface area contributed by atoms with E-state index in [9.17, 15) is 0 Å². The summed E-state index contributed by atoms with van der Waals surface area (Å²) in [4.78, 5) is 0. The van der Waals surface area contributed by atoms with Gasteiger partial charge in [0, 0.05) is 11.0 Å². The Morgan fingerprint density at radius 2 is 1.63 bits per heavy atom. The largest absolute Gasteiger partial charge is 0.367 e. The van der Waals surface area contributed by atoms with E-state index in [2.05, 4.69) is 45.5 Å². The Labute approximate surface area is 122 Å². The first kappa shape index (κ1) is 14.3. The normalized spacial score (nSPS) is 12.3. The Hall–Kier alpha value is -1.16. The molecule has 0 aliphatic rings. The van der Waals surface area contributed by atoms with Gasteiger partial charge in [-0.15, -0.1) is 0 Å². The van der Waals surface area contributed by atoms with Crippen LogP contribution in [0.15, 0.2) is 59.1 Å². The van der Waals surface area contributed by atoms with Crippen molar-refractivity contribution in [2.24, 2.45) is 0 Å². The van der Waals surface area contributed by atoms with Gasteiger partial charge in [0.25, 0.3) is 0 Å². The van der Waals surface area contributed by atoms with E-state index in [1.165, 1.54) is 11.1 Å².